The molecule has 1 aliphatic rings. The van der Waals surface area contributed by atoms with Gasteiger partial charge in [-0.2, -0.15) is 0 Å². The number of carbonyl (C=O) groups is 2. The van der Waals surface area contributed by atoms with Crippen LogP contribution in [-0.4, -0.2) is 34.5 Å². The molecule has 0 bridgehead atoms. The Bertz CT molecular complexity index is 1030. The SMILES string of the molecule is O=C(O)C1CCCN1C(=O)c1ccc(-c2ccoc2)c(-c2ccccc2Cl)c1. The van der Waals surface area contributed by atoms with Gasteiger partial charge in [-0.1, -0.05) is 35.9 Å². The molecule has 1 aromatic heterocycles. The first-order chi connectivity index (χ1) is 13.6. The van der Waals surface area contributed by atoms with Gasteiger partial charge in [0.15, 0.2) is 0 Å². The molecular weight excluding hydrogens is 378 g/mol. The van der Waals surface area contributed by atoms with Crippen LogP contribution in [0.3, 0.4) is 0 Å². The van der Waals surface area contributed by atoms with E-state index in [9.17, 15) is 14.7 Å². The first kappa shape index (κ1) is 18.3. The topological polar surface area (TPSA) is 70.8 Å². The fraction of sp³-hybridized carbons (Fsp3) is 0.182. The Labute approximate surface area is 167 Å². The van der Waals surface area contributed by atoms with Crippen molar-refractivity contribution in [3.05, 3.63) is 71.6 Å². The van der Waals surface area contributed by atoms with E-state index < -0.39 is 12.0 Å². The van der Waals surface area contributed by atoms with Gasteiger partial charge in [-0.25, -0.2) is 4.79 Å². The van der Waals surface area contributed by atoms with Crippen LogP contribution < -0.4 is 0 Å². The maximum absolute atomic E-state index is 13.0. The predicted octanol–water partition coefficient (Wildman–Crippen LogP) is 4.96. The molecule has 2 aromatic carbocycles. The Hall–Kier alpha value is -3.05. The summed E-state index contributed by atoms with van der Waals surface area (Å²) < 4.78 is 5.22. The molecule has 4 rings (SSSR count). The van der Waals surface area contributed by atoms with Crippen molar-refractivity contribution < 1.29 is 19.1 Å². The number of furan rings is 1. The highest BCUT2D eigenvalue weighted by Gasteiger charge is 2.34. The van der Waals surface area contributed by atoms with E-state index in [0.717, 1.165) is 22.3 Å². The number of likely N-dealkylation sites (tertiary alicyclic amines) is 1. The highest BCUT2D eigenvalue weighted by atomic mass is 35.5. The maximum atomic E-state index is 13.0. The van der Waals surface area contributed by atoms with Crippen LogP contribution in [0, 0.1) is 0 Å². The van der Waals surface area contributed by atoms with Gasteiger partial charge in [0.25, 0.3) is 5.91 Å². The van der Waals surface area contributed by atoms with E-state index in [1.165, 1.54) is 4.90 Å². The van der Waals surface area contributed by atoms with Gasteiger partial charge >= 0.3 is 5.97 Å². The molecule has 1 saturated heterocycles. The van der Waals surface area contributed by atoms with Crippen molar-refractivity contribution in [2.75, 3.05) is 6.54 Å². The average molecular weight is 396 g/mol. The Morgan fingerprint density at radius 2 is 1.89 bits per heavy atom. The Balaban J connectivity index is 1.81. The lowest BCUT2D eigenvalue weighted by molar-refractivity contribution is -0.141. The van der Waals surface area contributed by atoms with Crippen molar-refractivity contribution in [3.8, 4) is 22.3 Å². The smallest absolute Gasteiger partial charge is 0.326 e. The number of hydrogen-bond acceptors (Lipinski definition) is 3. The molecule has 1 atom stereocenters. The molecule has 0 aliphatic carbocycles. The van der Waals surface area contributed by atoms with Crippen molar-refractivity contribution in [1.29, 1.82) is 0 Å². The van der Waals surface area contributed by atoms with Crippen LogP contribution in [0.5, 0.6) is 0 Å². The second-order valence-corrected chi connectivity index (χ2v) is 7.15. The van der Waals surface area contributed by atoms with Crippen LogP contribution in [0.4, 0.5) is 0 Å². The number of carbonyl (C=O) groups excluding carboxylic acids is 1. The highest BCUT2D eigenvalue weighted by molar-refractivity contribution is 6.33. The standard InChI is InChI=1S/C22H18ClNO4/c23-19-5-2-1-4-17(19)18-12-14(7-8-16(18)15-9-11-28-13-15)21(25)24-10-3-6-20(24)22(26)27/h1-2,4-5,7-9,11-13,20H,3,6,10H2,(H,26,27). The van der Waals surface area contributed by atoms with Crippen molar-refractivity contribution in [2.24, 2.45) is 0 Å². The molecule has 0 spiro atoms. The molecule has 2 heterocycles. The van der Waals surface area contributed by atoms with Gasteiger partial charge in [0.2, 0.25) is 0 Å². The first-order valence-corrected chi connectivity index (χ1v) is 9.39. The minimum Gasteiger partial charge on any atom is -0.480 e. The number of nitrogens with zero attached hydrogens (tertiary/aromatic N) is 1. The van der Waals surface area contributed by atoms with Crippen molar-refractivity contribution in [3.63, 3.8) is 0 Å². The number of amides is 1. The summed E-state index contributed by atoms with van der Waals surface area (Å²) in [5, 5.41) is 9.97. The normalized spacial score (nSPS) is 16.3. The Kier molecular flexibility index (Phi) is 4.92. The largest absolute Gasteiger partial charge is 0.480 e. The first-order valence-electron chi connectivity index (χ1n) is 9.01. The van der Waals surface area contributed by atoms with Crippen molar-refractivity contribution in [2.45, 2.75) is 18.9 Å². The number of carboxylic acid groups (broad SMARTS) is 1. The van der Waals surface area contributed by atoms with Crippen LogP contribution in [0.15, 0.2) is 65.5 Å². The highest BCUT2D eigenvalue weighted by Crippen LogP contribution is 2.37. The minimum absolute atomic E-state index is 0.281. The van der Waals surface area contributed by atoms with Gasteiger partial charge in [-0.05, 0) is 48.2 Å². The van der Waals surface area contributed by atoms with Gasteiger partial charge in [-0.3, -0.25) is 4.79 Å². The molecule has 6 heteroatoms. The zero-order chi connectivity index (χ0) is 19.7. The van der Waals surface area contributed by atoms with E-state index in [0.29, 0.717) is 30.0 Å². The number of rotatable bonds is 4. The summed E-state index contributed by atoms with van der Waals surface area (Å²) in [7, 11) is 0. The van der Waals surface area contributed by atoms with E-state index in [1.807, 2.05) is 30.3 Å². The summed E-state index contributed by atoms with van der Waals surface area (Å²) in [6.45, 7) is 0.445. The molecule has 142 valence electrons. The van der Waals surface area contributed by atoms with Crippen LogP contribution in [0.25, 0.3) is 22.3 Å². The molecule has 1 amide bonds. The number of aliphatic carboxylic acids is 1. The molecule has 0 radical (unpaired) electrons. The average Bonchev–Trinajstić information content (AvgIpc) is 3.39. The predicted molar refractivity (Wildman–Crippen MR) is 106 cm³/mol. The molecule has 1 aliphatic heterocycles. The lowest BCUT2D eigenvalue weighted by Gasteiger charge is -2.22. The van der Waals surface area contributed by atoms with Gasteiger partial charge in [0, 0.05) is 28.3 Å². The molecule has 28 heavy (non-hydrogen) atoms. The third kappa shape index (κ3) is 3.29. The summed E-state index contributed by atoms with van der Waals surface area (Å²) >= 11 is 6.42. The van der Waals surface area contributed by atoms with Crippen LogP contribution in [-0.2, 0) is 4.79 Å². The van der Waals surface area contributed by atoms with Crippen molar-refractivity contribution in [1.82, 2.24) is 4.90 Å². The Morgan fingerprint density at radius 3 is 2.61 bits per heavy atom. The second-order valence-electron chi connectivity index (χ2n) is 6.75. The van der Waals surface area contributed by atoms with E-state index >= 15 is 0 Å². The lowest BCUT2D eigenvalue weighted by Crippen LogP contribution is -2.40. The fourth-order valence-electron chi connectivity index (χ4n) is 3.68. The van der Waals surface area contributed by atoms with Gasteiger partial charge < -0.3 is 14.4 Å². The molecular formula is C22H18ClNO4. The van der Waals surface area contributed by atoms with Crippen LogP contribution in [0.2, 0.25) is 5.02 Å². The van der Waals surface area contributed by atoms with E-state index in [1.54, 1.807) is 30.7 Å². The summed E-state index contributed by atoms with van der Waals surface area (Å²) in [6, 6.07) is 13.9. The Morgan fingerprint density at radius 1 is 1.07 bits per heavy atom. The monoisotopic (exact) mass is 395 g/mol. The summed E-state index contributed by atoms with van der Waals surface area (Å²) in [5.74, 6) is -1.25. The lowest BCUT2D eigenvalue weighted by atomic mass is 9.93. The third-order valence-electron chi connectivity index (χ3n) is 5.06. The molecule has 5 nitrogen and oxygen atoms in total. The second kappa shape index (κ2) is 7.52. The summed E-state index contributed by atoms with van der Waals surface area (Å²) in [6.07, 6.45) is 4.39. The van der Waals surface area contributed by atoms with Crippen LogP contribution in [0.1, 0.15) is 23.2 Å². The molecule has 3 aromatic rings. The number of hydrogen-bond donors (Lipinski definition) is 1. The number of halogens is 1. The minimum atomic E-state index is -0.966. The van der Waals surface area contributed by atoms with Gasteiger partial charge in [0.1, 0.15) is 6.04 Å². The van der Waals surface area contributed by atoms with Crippen molar-refractivity contribution >= 4 is 23.5 Å². The van der Waals surface area contributed by atoms with E-state index in [4.69, 9.17) is 16.0 Å². The summed E-state index contributed by atoms with van der Waals surface area (Å²) in [5.41, 5.74) is 3.79. The van der Waals surface area contributed by atoms with Gasteiger partial charge in [0.05, 0.1) is 12.5 Å². The molecule has 0 saturated carbocycles. The zero-order valence-corrected chi connectivity index (χ0v) is 15.7. The van der Waals surface area contributed by atoms with E-state index in [-0.39, 0.29) is 5.91 Å². The molecule has 1 N–H and O–H groups in total. The quantitative estimate of drug-likeness (QED) is 0.678. The maximum Gasteiger partial charge on any atom is 0.326 e. The zero-order valence-electron chi connectivity index (χ0n) is 15.0. The molecule has 1 unspecified atom stereocenters. The fourth-order valence-corrected chi connectivity index (χ4v) is 3.92. The number of carboxylic acids is 1. The third-order valence-corrected chi connectivity index (χ3v) is 5.39. The number of benzene rings is 2. The molecule has 1 fully saturated rings. The van der Waals surface area contributed by atoms with Crippen LogP contribution >= 0.6 is 11.6 Å². The summed E-state index contributed by atoms with van der Waals surface area (Å²) in [4.78, 5) is 25.9. The van der Waals surface area contributed by atoms with Gasteiger partial charge in [-0.15, -0.1) is 0 Å². The van der Waals surface area contributed by atoms with E-state index in [2.05, 4.69) is 0 Å².